The highest BCUT2D eigenvalue weighted by Crippen LogP contribution is 2.39. The van der Waals surface area contributed by atoms with Gasteiger partial charge in [-0.05, 0) is 87.7 Å². The van der Waals surface area contributed by atoms with Gasteiger partial charge in [0, 0.05) is 57.5 Å². The molecule has 5 rings (SSSR count). The minimum absolute atomic E-state index is 0.0518. The average molecular weight is 759 g/mol. The van der Waals surface area contributed by atoms with Crippen molar-refractivity contribution in [2.45, 2.75) is 51.1 Å². The number of hydrogen-bond acceptors (Lipinski definition) is 11. The Morgan fingerprint density at radius 1 is 0.945 bits per heavy atom. The Labute approximate surface area is 321 Å². The molecule has 2 N–H and O–H groups in total. The Hall–Kier alpha value is -5.70. The van der Waals surface area contributed by atoms with Crippen molar-refractivity contribution in [1.82, 2.24) is 30.2 Å². The lowest BCUT2D eigenvalue weighted by molar-refractivity contribution is -0.136. The van der Waals surface area contributed by atoms with Gasteiger partial charge in [-0.3, -0.25) is 34.2 Å². The first kappa shape index (κ1) is 40.5. The van der Waals surface area contributed by atoms with Gasteiger partial charge in [-0.15, -0.1) is 0 Å². The predicted molar refractivity (Wildman–Crippen MR) is 204 cm³/mol. The third-order valence-electron chi connectivity index (χ3n) is 9.69. The van der Waals surface area contributed by atoms with Crippen molar-refractivity contribution in [3.63, 3.8) is 0 Å². The number of fused-ring (bicyclic) bond motifs is 1. The molecule has 0 saturated carbocycles. The maximum absolute atomic E-state index is 13.1. The highest BCUT2D eigenvalue weighted by molar-refractivity contribution is 6.23. The number of aldehydes is 1. The summed E-state index contributed by atoms with van der Waals surface area (Å²) in [5, 5.41) is 5.15. The zero-order chi connectivity index (χ0) is 39.8. The van der Waals surface area contributed by atoms with Crippen molar-refractivity contribution in [2.24, 2.45) is 0 Å². The molecule has 15 nitrogen and oxygen atoms in total. The van der Waals surface area contributed by atoms with Crippen LogP contribution in [0.15, 0.2) is 47.7 Å². The molecule has 6 amide bonds. The number of nitrogens with zero attached hydrogens (tertiary/aromatic N) is 4. The quantitative estimate of drug-likeness (QED) is 0.147. The fraction of sp³-hybridized carbons (Fsp3) is 0.450. The number of urea groups is 1. The molecule has 15 heteroatoms. The lowest BCUT2D eigenvalue weighted by Gasteiger charge is -2.31. The first-order valence-corrected chi connectivity index (χ1v) is 18.3. The fourth-order valence-corrected chi connectivity index (χ4v) is 7.01. The van der Waals surface area contributed by atoms with E-state index in [0.29, 0.717) is 68.3 Å². The third kappa shape index (κ3) is 9.34. The fourth-order valence-electron chi connectivity index (χ4n) is 7.01. The SMILES string of the molecule is COc1cc(/C(=C/N(C)C)C2=C(C=O)CN(C(=O)NCCCCCOc3ccc4c(c3)C(=O)N(C3CCC(=O)NC3=O)C4=O)CC2)cc(OC)c1CN(C)C. The van der Waals surface area contributed by atoms with Crippen LogP contribution in [0.2, 0.25) is 0 Å². The van der Waals surface area contributed by atoms with E-state index in [1.165, 1.54) is 12.1 Å². The summed E-state index contributed by atoms with van der Waals surface area (Å²) >= 11 is 0. The summed E-state index contributed by atoms with van der Waals surface area (Å²) in [5.74, 6) is -0.458. The zero-order valence-electron chi connectivity index (χ0n) is 32.4. The Morgan fingerprint density at radius 3 is 2.29 bits per heavy atom. The number of methoxy groups -OCH3 is 2. The summed E-state index contributed by atoms with van der Waals surface area (Å²) in [5.41, 5.74) is 4.37. The second-order valence-corrected chi connectivity index (χ2v) is 14.2. The van der Waals surface area contributed by atoms with Crippen LogP contribution in [0.4, 0.5) is 4.79 Å². The van der Waals surface area contributed by atoms with Gasteiger partial charge in [0.2, 0.25) is 11.8 Å². The Bertz CT molecular complexity index is 1880. The van der Waals surface area contributed by atoms with Crippen LogP contribution in [0.3, 0.4) is 0 Å². The summed E-state index contributed by atoms with van der Waals surface area (Å²) < 4.78 is 17.4. The number of rotatable bonds is 16. The van der Waals surface area contributed by atoms with Gasteiger partial charge in [-0.25, -0.2) is 4.79 Å². The van der Waals surface area contributed by atoms with Crippen LogP contribution in [0, 0.1) is 0 Å². The van der Waals surface area contributed by atoms with Gasteiger partial charge in [0.15, 0.2) is 0 Å². The van der Waals surface area contributed by atoms with Crippen LogP contribution >= 0.6 is 0 Å². The highest BCUT2D eigenvalue weighted by atomic mass is 16.5. The maximum Gasteiger partial charge on any atom is 0.317 e. The highest BCUT2D eigenvalue weighted by Gasteiger charge is 2.44. The summed E-state index contributed by atoms with van der Waals surface area (Å²) in [6.45, 7) is 2.03. The number of carbonyl (C=O) groups excluding carboxylic acids is 6. The van der Waals surface area contributed by atoms with E-state index < -0.39 is 29.7 Å². The van der Waals surface area contributed by atoms with Crippen molar-refractivity contribution in [3.05, 3.63) is 69.9 Å². The number of carbonyl (C=O) groups is 6. The number of nitrogens with one attached hydrogen (secondary N) is 2. The standard InChI is InChI=1S/C40H50N6O9/c1-43(2)22-31(25-18-34(53-5)32(23-44(3)4)35(19-25)54-6)28-14-16-45(21-26(28)24-47)40(52)41-15-8-7-9-17-55-27-10-11-29-30(20-27)39(51)46(38(29)50)33-12-13-36(48)42-37(33)49/h10-11,18-20,22,24,33H,7-9,12-17,21,23H2,1-6H3,(H,41,52)(H,42,48,49)/b31-22-. The van der Waals surface area contributed by atoms with Crippen LogP contribution in [0.5, 0.6) is 17.2 Å². The van der Waals surface area contributed by atoms with E-state index in [1.54, 1.807) is 25.2 Å². The topological polar surface area (TPSA) is 167 Å². The average Bonchev–Trinajstić information content (AvgIpc) is 3.40. The molecule has 2 aromatic rings. The molecule has 0 spiro atoms. The lowest BCUT2D eigenvalue weighted by Crippen LogP contribution is -2.54. The summed E-state index contributed by atoms with van der Waals surface area (Å²) in [4.78, 5) is 82.0. The molecule has 0 aromatic heterocycles. The number of imide groups is 2. The van der Waals surface area contributed by atoms with Gasteiger partial charge in [-0.2, -0.15) is 0 Å². The summed E-state index contributed by atoms with van der Waals surface area (Å²) in [7, 11) is 11.0. The van der Waals surface area contributed by atoms with Crippen LogP contribution in [-0.4, -0.2) is 130 Å². The van der Waals surface area contributed by atoms with Gasteiger partial charge in [0.05, 0.1) is 44.1 Å². The number of piperidine rings is 1. The minimum Gasteiger partial charge on any atom is -0.496 e. The summed E-state index contributed by atoms with van der Waals surface area (Å²) in [6.07, 6.45) is 5.57. The molecule has 1 atom stereocenters. The molecule has 3 heterocycles. The molecular formula is C40H50N6O9. The van der Waals surface area contributed by atoms with E-state index in [4.69, 9.17) is 14.2 Å². The molecule has 0 radical (unpaired) electrons. The van der Waals surface area contributed by atoms with E-state index in [1.807, 2.05) is 56.3 Å². The first-order chi connectivity index (χ1) is 26.4. The van der Waals surface area contributed by atoms with E-state index >= 15 is 0 Å². The Balaban J connectivity index is 1.12. The van der Waals surface area contributed by atoms with E-state index in [2.05, 4.69) is 10.6 Å². The van der Waals surface area contributed by atoms with Gasteiger partial charge >= 0.3 is 6.03 Å². The zero-order valence-corrected chi connectivity index (χ0v) is 32.4. The van der Waals surface area contributed by atoms with Crippen molar-refractivity contribution in [1.29, 1.82) is 0 Å². The second kappa shape index (κ2) is 18.1. The van der Waals surface area contributed by atoms with Gasteiger partial charge < -0.3 is 34.2 Å². The smallest absolute Gasteiger partial charge is 0.317 e. The molecular weight excluding hydrogens is 708 g/mol. The second-order valence-electron chi connectivity index (χ2n) is 14.2. The van der Waals surface area contributed by atoms with Crippen molar-refractivity contribution >= 4 is 41.5 Å². The van der Waals surface area contributed by atoms with Crippen LogP contribution in [0.1, 0.15) is 70.4 Å². The summed E-state index contributed by atoms with van der Waals surface area (Å²) in [6, 6.07) is 7.28. The van der Waals surface area contributed by atoms with Crippen LogP contribution < -0.4 is 24.8 Å². The molecule has 3 aliphatic heterocycles. The first-order valence-electron chi connectivity index (χ1n) is 18.3. The number of hydrogen-bond donors (Lipinski definition) is 2. The lowest BCUT2D eigenvalue weighted by atomic mass is 9.89. The molecule has 2 aromatic carbocycles. The van der Waals surface area contributed by atoms with E-state index in [9.17, 15) is 28.8 Å². The van der Waals surface area contributed by atoms with Crippen LogP contribution in [-0.2, 0) is 20.9 Å². The Morgan fingerprint density at radius 2 is 1.65 bits per heavy atom. The molecule has 1 fully saturated rings. The van der Waals surface area contributed by atoms with Crippen molar-refractivity contribution < 1.29 is 43.0 Å². The number of benzene rings is 2. The number of ether oxygens (including phenoxy) is 3. The number of unbranched alkanes of at least 4 members (excludes halogenated alkanes) is 2. The normalized spacial score (nSPS) is 17.4. The molecule has 3 aliphatic rings. The molecule has 0 aliphatic carbocycles. The largest absolute Gasteiger partial charge is 0.496 e. The molecule has 1 saturated heterocycles. The number of allylic oxidation sites excluding steroid dienone is 1. The minimum atomic E-state index is -1.03. The number of amides is 6. The van der Waals surface area contributed by atoms with E-state index in [-0.39, 0.29) is 36.5 Å². The van der Waals surface area contributed by atoms with Crippen molar-refractivity contribution in [3.8, 4) is 17.2 Å². The monoisotopic (exact) mass is 758 g/mol. The van der Waals surface area contributed by atoms with Gasteiger partial charge in [-0.1, -0.05) is 0 Å². The third-order valence-corrected chi connectivity index (χ3v) is 9.69. The molecule has 1 unspecified atom stereocenters. The van der Waals surface area contributed by atoms with Gasteiger partial charge in [0.1, 0.15) is 29.6 Å². The Kier molecular flexibility index (Phi) is 13.3. The maximum atomic E-state index is 13.1. The molecule has 294 valence electrons. The van der Waals surface area contributed by atoms with E-state index in [0.717, 1.165) is 39.9 Å². The molecule has 55 heavy (non-hydrogen) atoms. The van der Waals surface area contributed by atoms with Crippen LogP contribution in [0.25, 0.3) is 5.57 Å². The predicted octanol–water partition coefficient (Wildman–Crippen LogP) is 3.23. The van der Waals surface area contributed by atoms with Gasteiger partial charge in [0.25, 0.3) is 11.8 Å². The molecule has 0 bridgehead atoms. The van der Waals surface area contributed by atoms with Crippen molar-refractivity contribution in [2.75, 3.05) is 68.7 Å².